The van der Waals surface area contributed by atoms with Gasteiger partial charge in [0.25, 0.3) is 0 Å². The van der Waals surface area contributed by atoms with Crippen molar-refractivity contribution in [1.29, 1.82) is 0 Å². The van der Waals surface area contributed by atoms with E-state index >= 15 is 0 Å². The Kier molecular flexibility index (Phi) is 8.37. The summed E-state index contributed by atoms with van der Waals surface area (Å²) in [7, 11) is 1.40. The third-order valence-corrected chi connectivity index (χ3v) is 7.69. The molecule has 1 aromatic carbocycles. The molecule has 4 rings (SSSR count). The van der Waals surface area contributed by atoms with E-state index in [9.17, 15) is 14.4 Å². The number of hydrogen-bond donors (Lipinski definition) is 2. The molecule has 0 spiro atoms. The first-order chi connectivity index (χ1) is 16.9. The number of piperazine rings is 1. The first kappa shape index (κ1) is 25.2. The molecule has 9 nitrogen and oxygen atoms in total. The lowest BCUT2D eigenvalue weighted by Gasteiger charge is -2.35. The lowest BCUT2D eigenvalue weighted by Crippen LogP contribution is -2.48. The standard InChI is InChI=1S/C25H33N5O4S/c1-18(30-9-7-22-19(16-30)8-14-35-22)15-26-24(32)25(33)27-20-3-5-21(6-4-20)29-12-10-28(11-13-29)17-23(31)34-2/h3-6,8,14,18H,7,9-13,15-17H2,1-2H3,(H,26,32)(H,27,33). The van der Waals surface area contributed by atoms with Crippen molar-refractivity contribution in [2.45, 2.75) is 25.9 Å². The second kappa shape index (κ2) is 11.7. The van der Waals surface area contributed by atoms with Gasteiger partial charge in [-0.2, -0.15) is 0 Å². The minimum atomic E-state index is -0.667. The van der Waals surface area contributed by atoms with Crippen molar-refractivity contribution < 1.29 is 19.1 Å². The summed E-state index contributed by atoms with van der Waals surface area (Å²) in [5.74, 6) is -1.52. The molecule has 0 bridgehead atoms. The molecule has 2 amide bonds. The number of methoxy groups -OCH3 is 1. The maximum atomic E-state index is 12.4. The van der Waals surface area contributed by atoms with Crippen LogP contribution in [0, 0.1) is 0 Å². The van der Waals surface area contributed by atoms with E-state index in [2.05, 4.69) is 43.7 Å². The van der Waals surface area contributed by atoms with Crippen LogP contribution in [0.2, 0.25) is 0 Å². The number of amides is 2. The van der Waals surface area contributed by atoms with E-state index in [4.69, 9.17) is 4.74 Å². The lowest BCUT2D eigenvalue weighted by molar-refractivity contribution is -0.142. The number of benzene rings is 1. The molecule has 2 aromatic rings. The number of carbonyl (C=O) groups is 3. The summed E-state index contributed by atoms with van der Waals surface area (Å²) in [5.41, 5.74) is 2.98. The van der Waals surface area contributed by atoms with Gasteiger partial charge >= 0.3 is 17.8 Å². The highest BCUT2D eigenvalue weighted by atomic mass is 32.1. The minimum absolute atomic E-state index is 0.146. The zero-order chi connectivity index (χ0) is 24.8. The molecule has 2 aliphatic rings. The van der Waals surface area contributed by atoms with Gasteiger partial charge < -0.3 is 20.3 Å². The summed E-state index contributed by atoms with van der Waals surface area (Å²) in [6, 6.07) is 9.78. The van der Waals surface area contributed by atoms with E-state index in [-0.39, 0.29) is 12.0 Å². The molecule has 1 unspecified atom stereocenters. The third-order valence-electron chi connectivity index (χ3n) is 6.67. The Hall–Kier alpha value is -2.95. The van der Waals surface area contributed by atoms with Gasteiger partial charge in [-0.25, -0.2) is 0 Å². The van der Waals surface area contributed by atoms with Gasteiger partial charge in [-0.1, -0.05) is 0 Å². The molecule has 1 fully saturated rings. The van der Waals surface area contributed by atoms with Crippen molar-refractivity contribution in [2.75, 3.05) is 63.1 Å². The summed E-state index contributed by atoms with van der Waals surface area (Å²) >= 11 is 1.80. The number of rotatable bonds is 7. The molecule has 2 aliphatic heterocycles. The van der Waals surface area contributed by atoms with Gasteiger partial charge in [0.2, 0.25) is 0 Å². The fraction of sp³-hybridized carbons (Fsp3) is 0.480. The molecule has 3 heterocycles. The highest BCUT2D eigenvalue weighted by Gasteiger charge is 2.23. The molecular weight excluding hydrogens is 466 g/mol. The predicted octanol–water partition coefficient (Wildman–Crippen LogP) is 1.54. The van der Waals surface area contributed by atoms with Crippen LogP contribution in [0.15, 0.2) is 35.7 Å². The van der Waals surface area contributed by atoms with Crippen LogP contribution >= 0.6 is 11.3 Å². The summed E-state index contributed by atoms with van der Waals surface area (Å²) in [6.45, 7) is 7.80. The van der Waals surface area contributed by atoms with Gasteiger partial charge in [-0.15, -0.1) is 11.3 Å². The zero-order valence-electron chi connectivity index (χ0n) is 20.3. The molecule has 188 valence electrons. The SMILES string of the molecule is COC(=O)CN1CCN(c2ccc(NC(=O)C(=O)NCC(C)N3CCc4sccc4C3)cc2)CC1. The number of thiophene rings is 1. The first-order valence-corrected chi connectivity index (χ1v) is 12.8. The van der Waals surface area contributed by atoms with E-state index < -0.39 is 11.8 Å². The number of fused-ring (bicyclic) bond motifs is 1. The van der Waals surface area contributed by atoms with Crippen molar-refractivity contribution >= 4 is 40.5 Å². The quantitative estimate of drug-likeness (QED) is 0.441. The van der Waals surface area contributed by atoms with E-state index in [1.807, 2.05) is 12.1 Å². The van der Waals surface area contributed by atoms with Crippen molar-refractivity contribution in [3.05, 3.63) is 46.2 Å². The normalized spacial score (nSPS) is 17.4. The Morgan fingerprint density at radius 2 is 1.77 bits per heavy atom. The van der Waals surface area contributed by atoms with Crippen LogP contribution < -0.4 is 15.5 Å². The average molecular weight is 500 g/mol. The maximum absolute atomic E-state index is 12.4. The van der Waals surface area contributed by atoms with E-state index in [0.29, 0.717) is 18.8 Å². The van der Waals surface area contributed by atoms with Crippen molar-refractivity contribution in [3.8, 4) is 0 Å². The Morgan fingerprint density at radius 3 is 2.49 bits per heavy atom. The van der Waals surface area contributed by atoms with E-state index in [1.165, 1.54) is 17.6 Å². The third kappa shape index (κ3) is 6.59. The molecule has 1 atom stereocenters. The molecule has 0 aliphatic carbocycles. The summed E-state index contributed by atoms with van der Waals surface area (Å²) in [4.78, 5) is 44.2. The predicted molar refractivity (Wildman–Crippen MR) is 137 cm³/mol. The lowest BCUT2D eigenvalue weighted by atomic mass is 10.1. The minimum Gasteiger partial charge on any atom is -0.468 e. The van der Waals surface area contributed by atoms with Crippen LogP contribution in [-0.2, 0) is 32.1 Å². The summed E-state index contributed by atoms with van der Waals surface area (Å²) in [6.07, 6.45) is 1.03. The number of nitrogens with one attached hydrogen (secondary N) is 2. The van der Waals surface area contributed by atoms with Crippen molar-refractivity contribution in [3.63, 3.8) is 0 Å². The van der Waals surface area contributed by atoms with Crippen LogP contribution in [0.25, 0.3) is 0 Å². The Balaban J connectivity index is 1.20. The number of esters is 1. The first-order valence-electron chi connectivity index (χ1n) is 12.0. The van der Waals surface area contributed by atoms with Gasteiger partial charge in [0.05, 0.1) is 13.7 Å². The second-order valence-corrected chi connectivity index (χ2v) is 9.99. The van der Waals surface area contributed by atoms with Crippen LogP contribution in [0.5, 0.6) is 0 Å². The number of nitrogens with zero attached hydrogens (tertiary/aromatic N) is 3. The van der Waals surface area contributed by atoms with Crippen LogP contribution in [-0.4, -0.2) is 86.5 Å². The Labute approximate surface area is 210 Å². The highest BCUT2D eigenvalue weighted by molar-refractivity contribution is 7.10. The molecule has 35 heavy (non-hydrogen) atoms. The number of anilines is 2. The zero-order valence-corrected chi connectivity index (χ0v) is 21.1. The topological polar surface area (TPSA) is 94.2 Å². The number of hydrogen-bond acceptors (Lipinski definition) is 8. The van der Waals surface area contributed by atoms with Crippen LogP contribution in [0.3, 0.4) is 0 Å². The number of ether oxygens (including phenoxy) is 1. The maximum Gasteiger partial charge on any atom is 0.319 e. The fourth-order valence-electron chi connectivity index (χ4n) is 4.45. The monoisotopic (exact) mass is 499 g/mol. The average Bonchev–Trinajstić information content (AvgIpc) is 3.36. The number of carbonyl (C=O) groups excluding carboxylic acids is 3. The van der Waals surface area contributed by atoms with Crippen molar-refractivity contribution in [2.24, 2.45) is 0 Å². The largest absolute Gasteiger partial charge is 0.468 e. The van der Waals surface area contributed by atoms with Gasteiger partial charge in [0.1, 0.15) is 0 Å². The fourth-order valence-corrected chi connectivity index (χ4v) is 5.34. The molecule has 1 aromatic heterocycles. The molecule has 0 radical (unpaired) electrons. The highest BCUT2D eigenvalue weighted by Crippen LogP contribution is 2.25. The van der Waals surface area contributed by atoms with Gasteiger partial charge in [0.15, 0.2) is 0 Å². The Morgan fingerprint density at radius 1 is 1.03 bits per heavy atom. The van der Waals surface area contributed by atoms with Gasteiger partial charge in [-0.3, -0.25) is 24.2 Å². The molecule has 0 saturated carbocycles. The van der Waals surface area contributed by atoms with Crippen LogP contribution in [0.4, 0.5) is 11.4 Å². The van der Waals surface area contributed by atoms with Gasteiger partial charge in [0, 0.05) is 68.1 Å². The van der Waals surface area contributed by atoms with Gasteiger partial charge in [-0.05, 0) is 54.6 Å². The molecule has 2 N–H and O–H groups in total. The second-order valence-electron chi connectivity index (χ2n) is 8.99. The molecule has 1 saturated heterocycles. The van der Waals surface area contributed by atoms with E-state index in [0.717, 1.165) is 51.4 Å². The summed E-state index contributed by atoms with van der Waals surface area (Å²) < 4.78 is 4.73. The molecule has 10 heteroatoms. The van der Waals surface area contributed by atoms with Crippen LogP contribution in [0.1, 0.15) is 17.4 Å². The van der Waals surface area contributed by atoms with Crippen molar-refractivity contribution in [1.82, 2.24) is 15.1 Å². The molecular formula is C25H33N5O4S. The van der Waals surface area contributed by atoms with E-state index in [1.54, 1.807) is 23.5 Å². The Bertz CT molecular complexity index is 1030. The smallest absolute Gasteiger partial charge is 0.319 e. The summed E-state index contributed by atoms with van der Waals surface area (Å²) in [5, 5.41) is 7.58.